The van der Waals surface area contributed by atoms with Crippen molar-refractivity contribution in [3.8, 4) is 0 Å². The van der Waals surface area contributed by atoms with Gasteiger partial charge in [0.2, 0.25) is 5.96 Å². The van der Waals surface area contributed by atoms with Crippen LogP contribution in [0.25, 0.3) is 11.0 Å². The van der Waals surface area contributed by atoms with Gasteiger partial charge in [0.05, 0.1) is 17.3 Å². The average molecular weight is 373 g/mol. The summed E-state index contributed by atoms with van der Waals surface area (Å²) in [6.07, 6.45) is -0.130. The molecule has 0 saturated heterocycles. The lowest BCUT2D eigenvalue weighted by atomic mass is 10.1. The molecular formula is C15H15N7O5. The summed E-state index contributed by atoms with van der Waals surface area (Å²) >= 11 is 0. The Balaban J connectivity index is 2.16. The Morgan fingerprint density at radius 1 is 1.33 bits per heavy atom. The van der Waals surface area contributed by atoms with Crippen molar-refractivity contribution in [3.05, 3.63) is 63.6 Å². The number of aromatic amines is 1. The van der Waals surface area contributed by atoms with E-state index in [1.165, 1.54) is 30.5 Å². The molecule has 0 saturated carbocycles. The van der Waals surface area contributed by atoms with E-state index < -0.39 is 16.9 Å². The summed E-state index contributed by atoms with van der Waals surface area (Å²) in [6, 6.07) is 7.03. The number of aliphatic hydroxyl groups excluding tert-OH is 1. The molecule has 0 aliphatic rings. The summed E-state index contributed by atoms with van der Waals surface area (Å²) in [5.41, 5.74) is 9.78. The first kappa shape index (κ1) is 18.2. The summed E-state index contributed by atoms with van der Waals surface area (Å²) < 4.78 is 5.13. The Kier molecular flexibility index (Phi) is 4.96. The van der Waals surface area contributed by atoms with Gasteiger partial charge in [-0.3, -0.25) is 4.79 Å². The zero-order chi connectivity index (χ0) is 19.6. The number of nitrogens with zero attached hydrogens (tertiary/aromatic N) is 3. The number of furan rings is 1. The number of fused-ring (bicyclic) bond motifs is 1. The van der Waals surface area contributed by atoms with Crippen molar-refractivity contribution in [2.24, 2.45) is 21.7 Å². The summed E-state index contributed by atoms with van der Waals surface area (Å²) in [4.78, 5) is 19.1. The van der Waals surface area contributed by atoms with E-state index in [1.54, 1.807) is 6.07 Å². The van der Waals surface area contributed by atoms with E-state index in [0.29, 0.717) is 0 Å². The monoisotopic (exact) mass is 373 g/mol. The van der Waals surface area contributed by atoms with Crippen LogP contribution in [0.3, 0.4) is 0 Å². The topological polar surface area (TPSA) is 204 Å². The summed E-state index contributed by atoms with van der Waals surface area (Å²) in [5.74, 6) is -0.287. The van der Waals surface area contributed by atoms with Crippen LogP contribution >= 0.6 is 0 Å². The van der Waals surface area contributed by atoms with Gasteiger partial charge in [0, 0.05) is 12.1 Å². The number of hydrogen-bond donors (Lipinski definition) is 6. The van der Waals surface area contributed by atoms with Crippen molar-refractivity contribution < 1.29 is 20.0 Å². The summed E-state index contributed by atoms with van der Waals surface area (Å²) in [6.45, 7) is 0. The predicted molar refractivity (Wildman–Crippen MR) is 94.2 cm³/mol. The number of quaternary nitrogens is 1. The van der Waals surface area contributed by atoms with Crippen molar-refractivity contribution in [3.63, 3.8) is 0 Å². The van der Waals surface area contributed by atoms with Gasteiger partial charge in [-0.1, -0.05) is 0 Å². The van der Waals surface area contributed by atoms with E-state index in [9.17, 15) is 15.1 Å². The first-order valence-corrected chi connectivity index (χ1v) is 7.52. The molecule has 0 fully saturated rings. The highest BCUT2D eigenvalue weighted by Crippen LogP contribution is 2.19. The molecule has 12 nitrogen and oxygen atoms in total. The molecule has 0 bridgehead atoms. The number of benzene rings is 1. The number of hydrogen-bond acceptors (Lipinski definition) is 8. The van der Waals surface area contributed by atoms with Gasteiger partial charge in [-0.15, -0.1) is 10.2 Å². The molecule has 0 aliphatic carbocycles. The minimum absolute atomic E-state index is 0.0160. The SMILES string of the molecule is NC(N)=N/N=C(\c1nc2ccc([NH+]([O-])O)cc2[nH]c1=O)C(O)c1ccco1. The highest BCUT2D eigenvalue weighted by atomic mass is 16.8. The number of nitrogens with two attached hydrogens (primary N) is 2. The molecular weight excluding hydrogens is 358 g/mol. The Bertz CT molecular complexity index is 1070. The first-order valence-electron chi connectivity index (χ1n) is 7.52. The second kappa shape index (κ2) is 7.35. The first-order chi connectivity index (χ1) is 12.9. The smallest absolute Gasteiger partial charge is 0.276 e. The third kappa shape index (κ3) is 3.83. The lowest BCUT2D eigenvalue weighted by Gasteiger charge is -2.13. The van der Waals surface area contributed by atoms with E-state index in [4.69, 9.17) is 21.1 Å². The van der Waals surface area contributed by atoms with Crippen LogP contribution in [-0.2, 0) is 0 Å². The van der Waals surface area contributed by atoms with Gasteiger partial charge in [0.1, 0.15) is 11.5 Å². The zero-order valence-corrected chi connectivity index (χ0v) is 13.7. The largest absolute Gasteiger partial charge is 0.595 e. The molecule has 27 heavy (non-hydrogen) atoms. The molecule has 8 N–H and O–H groups in total. The van der Waals surface area contributed by atoms with Crippen LogP contribution in [0.1, 0.15) is 17.6 Å². The number of aliphatic hydroxyl groups is 1. The average Bonchev–Trinajstić information content (AvgIpc) is 3.15. The third-order valence-corrected chi connectivity index (χ3v) is 3.53. The zero-order valence-electron chi connectivity index (χ0n) is 13.7. The highest BCUT2D eigenvalue weighted by Gasteiger charge is 2.24. The summed E-state index contributed by atoms with van der Waals surface area (Å²) in [5, 5.41) is 36.7. The summed E-state index contributed by atoms with van der Waals surface area (Å²) in [7, 11) is 0. The van der Waals surface area contributed by atoms with Crippen molar-refractivity contribution in [1.29, 1.82) is 0 Å². The lowest BCUT2D eigenvalue weighted by molar-refractivity contribution is -0.991. The standard InChI is InChI=1S/C15H15N7O5/c16-15(17)21-20-11(13(23)10-2-1-5-27-10)12-14(24)19-9-6-7(22(25)26)3-4-8(9)18-12/h1-6,13,22-23,25H,(H,19,24)(H4,16,17,21)/b20-11+. The predicted octanol–water partition coefficient (Wildman–Crippen LogP) is -1.37. The van der Waals surface area contributed by atoms with Crippen LogP contribution in [0, 0.1) is 5.21 Å². The quantitative estimate of drug-likeness (QED) is 0.178. The Morgan fingerprint density at radius 3 is 2.74 bits per heavy atom. The van der Waals surface area contributed by atoms with Crippen LogP contribution in [-0.4, -0.2) is 32.0 Å². The normalized spacial score (nSPS) is 14.1. The molecule has 1 aromatic carbocycles. The molecule has 0 amide bonds. The van der Waals surface area contributed by atoms with Crippen LogP contribution < -0.4 is 22.3 Å². The fraction of sp³-hybridized carbons (Fsp3) is 0.0667. The van der Waals surface area contributed by atoms with Crippen LogP contribution in [0.4, 0.5) is 5.69 Å². The molecule has 0 radical (unpaired) electrons. The van der Waals surface area contributed by atoms with Gasteiger partial charge in [0.25, 0.3) is 5.56 Å². The molecule has 0 aliphatic heterocycles. The van der Waals surface area contributed by atoms with Gasteiger partial charge in [-0.05, 0) is 18.2 Å². The number of aromatic nitrogens is 2. The Morgan fingerprint density at radius 2 is 2.11 bits per heavy atom. The molecule has 3 rings (SSSR count). The van der Waals surface area contributed by atoms with Gasteiger partial charge in [0.15, 0.2) is 17.5 Å². The minimum atomic E-state index is -1.47. The Labute approximate surface area is 150 Å². The number of nitrogens with one attached hydrogen (secondary N) is 2. The highest BCUT2D eigenvalue weighted by molar-refractivity contribution is 6.03. The van der Waals surface area contributed by atoms with Crippen molar-refractivity contribution in [2.75, 3.05) is 0 Å². The van der Waals surface area contributed by atoms with Crippen LogP contribution in [0.2, 0.25) is 0 Å². The number of rotatable bonds is 5. The lowest BCUT2D eigenvalue weighted by Crippen LogP contribution is -2.99. The molecule has 140 valence electrons. The van der Waals surface area contributed by atoms with Crippen molar-refractivity contribution in [2.45, 2.75) is 6.10 Å². The van der Waals surface area contributed by atoms with E-state index in [2.05, 4.69) is 20.2 Å². The van der Waals surface area contributed by atoms with Crippen LogP contribution in [0.15, 0.2) is 56.0 Å². The molecule has 12 heteroatoms. The fourth-order valence-electron chi connectivity index (χ4n) is 2.32. The maximum atomic E-state index is 12.5. The second-order valence-electron chi connectivity index (χ2n) is 5.38. The van der Waals surface area contributed by atoms with Crippen LogP contribution in [0.5, 0.6) is 0 Å². The van der Waals surface area contributed by atoms with Gasteiger partial charge in [-0.25, -0.2) is 10.2 Å². The van der Waals surface area contributed by atoms with Gasteiger partial charge < -0.3 is 31.2 Å². The third-order valence-electron chi connectivity index (χ3n) is 3.53. The van der Waals surface area contributed by atoms with Gasteiger partial charge in [-0.2, -0.15) is 5.23 Å². The maximum absolute atomic E-state index is 12.5. The molecule has 2 atom stereocenters. The fourth-order valence-corrected chi connectivity index (χ4v) is 2.32. The molecule has 2 unspecified atom stereocenters. The van der Waals surface area contributed by atoms with E-state index >= 15 is 0 Å². The molecule has 0 spiro atoms. The van der Waals surface area contributed by atoms with E-state index in [1.807, 2.05) is 0 Å². The van der Waals surface area contributed by atoms with E-state index in [-0.39, 0.29) is 39.8 Å². The van der Waals surface area contributed by atoms with Crippen molar-refractivity contribution >= 4 is 28.4 Å². The van der Waals surface area contributed by atoms with Crippen molar-refractivity contribution in [1.82, 2.24) is 9.97 Å². The molecule has 2 aromatic heterocycles. The maximum Gasteiger partial charge on any atom is 0.276 e. The molecule has 3 aromatic rings. The second-order valence-corrected chi connectivity index (χ2v) is 5.38. The number of guanidine groups is 1. The van der Waals surface area contributed by atoms with E-state index in [0.717, 1.165) is 0 Å². The number of H-pyrrole nitrogens is 1. The minimum Gasteiger partial charge on any atom is -0.595 e. The van der Waals surface area contributed by atoms with Gasteiger partial charge >= 0.3 is 0 Å². The molecule has 2 heterocycles. The Hall–Kier alpha value is -3.58.